The van der Waals surface area contributed by atoms with Crippen molar-refractivity contribution in [3.63, 3.8) is 0 Å². The van der Waals surface area contributed by atoms with Crippen LogP contribution in [-0.2, 0) is 0 Å². The molecule has 2 aliphatic carbocycles. The largest absolute Gasteiger partial charge is 0.0581 e. The molecule has 0 saturated heterocycles. The van der Waals surface area contributed by atoms with Gasteiger partial charge in [-0.05, 0) is 59.8 Å². The Morgan fingerprint density at radius 1 is 0.455 bits per heavy atom. The van der Waals surface area contributed by atoms with Gasteiger partial charge < -0.3 is 0 Å². The maximum absolute atomic E-state index is 2.36. The van der Waals surface area contributed by atoms with Crippen LogP contribution in [-0.4, -0.2) is 0 Å². The fourth-order valence-corrected chi connectivity index (χ4v) is 4.41. The summed E-state index contributed by atoms with van der Waals surface area (Å²) in [6, 6.07) is 18.7. The summed E-state index contributed by atoms with van der Waals surface area (Å²) in [5.74, 6) is 1.64. The monoisotopic (exact) mass is 290 g/mol. The van der Waals surface area contributed by atoms with Gasteiger partial charge in [-0.15, -0.1) is 0 Å². The Morgan fingerprint density at radius 3 is 1.09 bits per heavy atom. The van der Waals surface area contributed by atoms with Crippen LogP contribution in [0.3, 0.4) is 0 Å². The SMILES string of the molecule is c1cc(C2CCCC2)ccc1-c1ccc(C2CCCC2)cc1. The third-order valence-corrected chi connectivity index (χ3v) is 5.81. The molecule has 0 spiro atoms. The molecule has 2 saturated carbocycles. The van der Waals surface area contributed by atoms with Crippen LogP contribution in [0.4, 0.5) is 0 Å². The molecule has 0 N–H and O–H groups in total. The number of hydrogen-bond acceptors (Lipinski definition) is 0. The van der Waals surface area contributed by atoms with Crippen molar-refractivity contribution in [1.82, 2.24) is 0 Å². The summed E-state index contributed by atoms with van der Waals surface area (Å²) in [4.78, 5) is 0. The summed E-state index contributed by atoms with van der Waals surface area (Å²) in [7, 11) is 0. The smallest absolute Gasteiger partial charge is 0.0162 e. The molecule has 0 radical (unpaired) electrons. The zero-order valence-electron chi connectivity index (χ0n) is 13.4. The van der Waals surface area contributed by atoms with E-state index in [4.69, 9.17) is 0 Å². The van der Waals surface area contributed by atoms with Gasteiger partial charge in [-0.3, -0.25) is 0 Å². The average Bonchev–Trinajstić information content (AvgIpc) is 3.29. The fourth-order valence-electron chi connectivity index (χ4n) is 4.41. The molecule has 0 unspecified atom stereocenters. The standard InChI is InChI=1S/C22H26/c1-2-6-17(5-1)19-9-13-21(14-10-19)22-15-11-20(12-16-22)18-7-3-4-8-18/h9-18H,1-8H2. The number of hydrogen-bond donors (Lipinski definition) is 0. The van der Waals surface area contributed by atoms with Crippen LogP contribution < -0.4 is 0 Å². The Bertz CT molecular complexity index is 536. The van der Waals surface area contributed by atoms with Gasteiger partial charge in [-0.1, -0.05) is 74.2 Å². The zero-order valence-corrected chi connectivity index (χ0v) is 13.4. The quantitative estimate of drug-likeness (QED) is 0.592. The molecule has 2 aromatic rings. The third kappa shape index (κ3) is 2.84. The van der Waals surface area contributed by atoms with Gasteiger partial charge in [-0.2, -0.15) is 0 Å². The second kappa shape index (κ2) is 6.28. The Hall–Kier alpha value is -1.56. The van der Waals surface area contributed by atoms with Crippen molar-refractivity contribution in [3.8, 4) is 11.1 Å². The predicted molar refractivity (Wildman–Crippen MR) is 94.3 cm³/mol. The Morgan fingerprint density at radius 2 is 0.773 bits per heavy atom. The van der Waals surface area contributed by atoms with Crippen LogP contribution in [0.15, 0.2) is 48.5 Å². The summed E-state index contributed by atoms with van der Waals surface area (Å²) >= 11 is 0. The molecule has 0 aromatic heterocycles. The van der Waals surface area contributed by atoms with E-state index in [9.17, 15) is 0 Å². The highest BCUT2D eigenvalue weighted by atomic mass is 14.2. The van der Waals surface area contributed by atoms with E-state index in [1.165, 1.54) is 62.5 Å². The van der Waals surface area contributed by atoms with Gasteiger partial charge in [0.15, 0.2) is 0 Å². The van der Waals surface area contributed by atoms with E-state index in [0.717, 1.165) is 11.8 Å². The van der Waals surface area contributed by atoms with Crippen LogP contribution in [0.2, 0.25) is 0 Å². The summed E-state index contributed by atoms with van der Waals surface area (Å²) in [6.45, 7) is 0. The Kier molecular flexibility index (Phi) is 4.01. The maximum Gasteiger partial charge on any atom is -0.0162 e. The van der Waals surface area contributed by atoms with Gasteiger partial charge in [0.05, 0.1) is 0 Å². The minimum absolute atomic E-state index is 0.818. The number of benzene rings is 2. The highest BCUT2D eigenvalue weighted by molar-refractivity contribution is 5.64. The predicted octanol–water partition coefficient (Wildman–Crippen LogP) is 6.67. The van der Waals surface area contributed by atoms with Crippen molar-refractivity contribution in [1.29, 1.82) is 0 Å². The van der Waals surface area contributed by atoms with E-state index < -0.39 is 0 Å². The molecule has 2 aromatic carbocycles. The topological polar surface area (TPSA) is 0 Å². The van der Waals surface area contributed by atoms with Crippen molar-refractivity contribution in [2.24, 2.45) is 0 Å². The van der Waals surface area contributed by atoms with E-state index in [0.29, 0.717) is 0 Å². The molecule has 114 valence electrons. The van der Waals surface area contributed by atoms with Crippen LogP contribution in [0.25, 0.3) is 11.1 Å². The molecular weight excluding hydrogens is 264 g/mol. The summed E-state index contributed by atoms with van der Waals surface area (Å²) in [5, 5.41) is 0. The van der Waals surface area contributed by atoms with Crippen LogP contribution in [0.1, 0.15) is 74.3 Å². The van der Waals surface area contributed by atoms with E-state index >= 15 is 0 Å². The molecule has 0 aliphatic heterocycles. The van der Waals surface area contributed by atoms with Gasteiger partial charge in [0.1, 0.15) is 0 Å². The lowest BCUT2D eigenvalue weighted by molar-refractivity contribution is 0.723. The fraction of sp³-hybridized carbons (Fsp3) is 0.455. The normalized spacial score (nSPS) is 19.8. The first-order chi connectivity index (χ1) is 10.9. The molecule has 2 aliphatic rings. The van der Waals surface area contributed by atoms with Gasteiger partial charge in [0.25, 0.3) is 0 Å². The summed E-state index contributed by atoms with van der Waals surface area (Å²) < 4.78 is 0. The van der Waals surface area contributed by atoms with Gasteiger partial charge >= 0.3 is 0 Å². The van der Waals surface area contributed by atoms with E-state index in [1.807, 2.05) is 0 Å². The highest BCUT2D eigenvalue weighted by Gasteiger charge is 2.18. The Labute approximate surface area is 134 Å². The Balaban J connectivity index is 1.51. The molecule has 0 heterocycles. The van der Waals surface area contributed by atoms with E-state index in [1.54, 1.807) is 11.1 Å². The lowest BCUT2D eigenvalue weighted by atomic mass is 9.93. The zero-order chi connectivity index (χ0) is 14.8. The van der Waals surface area contributed by atoms with Crippen molar-refractivity contribution >= 4 is 0 Å². The average molecular weight is 290 g/mol. The molecule has 4 rings (SSSR count). The van der Waals surface area contributed by atoms with Crippen molar-refractivity contribution in [2.75, 3.05) is 0 Å². The molecule has 0 atom stereocenters. The summed E-state index contributed by atoms with van der Waals surface area (Å²) in [5.41, 5.74) is 5.81. The van der Waals surface area contributed by atoms with Gasteiger partial charge in [0, 0.05) is 0 Å². The number of rotatable bonds is 3. The molecule has 0 nitrogen and oxygen atoms in total. The highest BCUT2D eigenvalue weighted by Crippen LogP contribution is 2.36. The molecule has 0 amide bonds. The molecule has 0 heteroatoms. The minimum Gasteiger partial charge on any atom is -0.0581 e. The first kappa shape index (κ1) is 14.1. The molecule has 0 bridgehead atoms. The van der Waals surface area contributed by atoms with Crippen LogP contribution >= 0.6 is 0 Å². The summed E-state index contributed by atoms with van der Waals surface area (Å²) in [6.07, 6.45) is 11.2. The van der Waals surface area contributed by atoms with Gasteiger partial charge in [-0.25, -0.2) is 0 Å². The van der Waals surface area contributed by atoms with Crippen molar-refractivity contribution in [2.45, 2.75) is 63.2 Å². The van der Waals surface area contributed by atoms with Crippen LogP contribution in [0, 0.1) is 0 Å². The van der Waals surface area contributed by atoms with Crippen molar-refractivity contribution < 1.29 is 0 Å². The first-order valence-corrected chi connectivity index (χ1v) is 9.10. The first-order valence-electron chi connectivity index (χ1n) is 9.10. The second-order valence-corrected chi connectivity index (χ2v) is 7.21. The lowest BCUT2D eigenvalue weighted by Crippen LogP contribution is -1.93. The lowest BCUT2D eigenvalue weighted by Gasteiger charge is -2.12. The van der Waals surface area contributed by atoms with Crippen LogP contribution in [0.5, 0.6) is 0 Å². The molecule has 22 heavy (non-hydrogen) atoms. The molecule has 2 fully saturated rings. The maximum atomic E-state index is 2.36. The minimum atomic E-state index is 0.818. The second-order valence-electron chi connectivity index (χ2n) is 7.21. The van der Waals surface area contributed by atoms with E-state index in [2.05, 4.69) is 48.5 Å². The third-order valence-electron chi connectivity index (χ3n) is 5.81. The van der Waals surface area contributed by atoms with E-state index in [-0.39, 0.29) is 0 Å². The van der Waals surface area contributed by atoms with Crippen molar-refractivity contribution in [3.05, 3.63) is 59.7 Å². The van der Waals surface area contributed by atoms with Gasteiger partial charge in [0.2, 0.25) is 0 Å². The molecular formula is C22H26.